The van der Waals surface area contributed by atoms with E-state index in [4.69, 9.17) is 12.2 Å². The highest BCUT2D eigenvalue weighted by atomic mass is 32.1. The first kappa shape index (κ1) is 8.72. The Bertz CT molecular complexity index is 157. The van der Waals surface area contributed by atoms with Crippen LogP contribution in [0, 0.1) is 0 Å². The Labute approximate surface area is 74.1 Å². The summed E-state index contributed by atoms with van der Waals surface area (Å²) in [6.45, 7) is 4.32. The van der Waals surface area contributed by atoms with Gasteiger partial charge in [0.05, 0.1) is 0 Å². The summed E-state index contributed by atoms with van der Waals surface area (Å²) in [5.74, 6) is 0. The largest absolute Gasteiger partial charge is 0.363 e. The van der Waals surface area contributed by atoms with Crippen molar-refractivity contribution in [3.63, 3.8) is 0 Å². The van der Waals surface area contributed by atoms with Crippen molar-refractivity contribution in [2.75, 3.05) is 13.1 Å². The first-order chi connectivity index (χ1) is 5.34. The zero-order valence-electron chi connectivity index (χ0n) is 7.05. The highest BCUT2D eigenvalue weighted by Gasteiger charge is 2.10. The quantitative estimate of drug-likeness (QED) is 0.438. The normalized spacial score (nSPS) is 19.2. The van der Waals surface area contributed by atoms with Gasteiger partial charge in [-0.25, -0.2) is 0 Å². The van der Waals surface area contributed by atoms with Crippen molar-refractivity contribution in [1.29, 1.82) is 0 Å². The molecule has 0 amide bonds. The van der Waals surface area contributed by atoms with E-state index < -0.39 is 0 Å². The molecule has 0 atom stereocenters. The van der Waals surface area contributed by atoms with Gasteiger partial charge in [-0.1, -0.05) is 18.3 Å². The lowest BCUT2D eigenvalue weighted by Gasteiger charge is -2.27. The fourth-order valence-electron chi connectivity index (χ4n) is 1.36. The standard InChI is InChI=1S/C9H15NS/c1-2-6-9(11)10-7-4-3-5-8-10/h2,6H,3-5,7-8H2,1H3/b6-2+. The van der Waals surface area contributed by atoms with E-state index in [1.165, 1.54) is 19.3 Å². The smallest absolute Gasteiger partial charge is 0.101 e. The summed E-state index contributed by atoms with van der Waals surface area (Å²) in [6, 6.07) is 0. The topological polar surface area (TPSA) is 3.24 Å². The second kappa shape index (κ2) is 4.50. The Morgan fingerprint density at radius 1 is 1.27 bits per heavy atom. The number of hydrogen-bond acceptors (Lipinski definition) is 1. The van der Waals surface area contributed by atoms with E-state index >= 15 is 0 Å². The van der Waals surface area contributed by atoms with Crippen LogP contribution in [0.5, 0.6) is 0 Å². The minimum atomic E-state index is 1.01. The third kappa shape index (κ3) is 2.62. The molecule has 0 aromatic rings. The molecular weight excluding hydrogens is 154 g/mol. The van der Waals surface area contributed by atoms with Crippen molar-refractivity contribution in [1.82, 2.24) is 4.90 Å². The van der Waals surface area contributed by atoms with Gasteiger partial charge in [0, 0.05) is 13.1 Å². The SMILES string of the molecule is C/C=C/C(=S)N1CCCCC1. The van der Waals surface area contributed by atoms with Gasteiger partial charge in [0.25, 0.3) is 0 Å². The number of hydrogen-bond donors (Lipinski definition) is 0. The zero-order chi connectivity index (χ0) is 8.10. The van der Waals surface area contributed by atoms with Gasteiger partial charge in [-0.2, -0.15) is 0 Å². The number of piperidine rings is 1. The van der Waals surface area contributed by atoms with Crippen molar-refractivity contribution in [3.8, 4) is 0 Å². The molecule has 0 unspecified atom stereocenters. The average Bonchev–Trinajstić information content (AvgIpc) is 2.07. The van der Waals surface area contributed by atoms with Crippen molar-refractivity contribution >= 4 is 17.2 Å². The molecule has 1 nitrogen and oxygen atoms in total. The van der Waals surface area contributed by atoms with Crippen LogP contribution < -0.4 is 0 Å². The van der Waals surface area contributed by atoms with Crippen LogP contribution in [0.15, 0.2) is 12.2 Å². The van der Waals surface area contributed by atoms with Crippen molar-refractivity contribution < 1.29 is 0 Å². The lowest BCUT2D eigenvalue weighted by Crippen LogP contribution is -2.33. The van der Waals surface area contributed by atoms with Crippen LogP contribution in [0.1, 0.15) is 26.2 Å². The van der Waals surface area contributed by atoms with Gasteiger partial charge in [-0.15, -0.1) is 0 Å². The maximum absolute atomic E-state index is 5.21. The number of allylic oxidation sites excluding steroid dienone is 1. The van der Waals surface area contributed by atoms with Crippen molar-refractivity contribution in [2.45, 2.75) is 26.2 Å². The molecule has 1 aliphatic heterocycles. The van der Waals surface area contributed by atoms with Crippen LogP contribution in [-0.4, -0.2) is 23.0 Å². The molecule has 0 spiro atoms. The van der Waals surface area contributed by atoms with Crippen molar-refractivity contribution in [2.24, 2.45) is 0 Å². The molecule has 0 saturated carbocycles. The molecule has 11 heavy (non-hydrogen) atoms. The third-order valence-electron chi connectivity index (χ3n) is 1.98. The Balaban J connectivity index is 2.38. The zero-order valence-corrected chi connectivity index (χ0v) is 7.86. The fourth-order valence-corrected chi connectivity index (χ4v) is 1.68. The van der Waals surface area contributed by atoms with E-state index in [1.54, 1.807) is 0 Å². The number of likely N-dealkylation sites (tertiary alicyclic amines) is 1. The van der Waals surface area contributed by atoms with E-state index in [2.05, 4.69) is 4.90 Å². The van der Waals surface area contributed by atoms with Gasteiger partial charge in [0.15, 0.2) is 0 Å². The predicted octanol–water partition coefficient (Wildman–Crippen LogP) is 2.38. The minimum Gasteiger partial charge on any atom is -0.363 e. The molecular formula is C9H15NS. The molecule has 0 N–H and O–H groups in total. The summed E-state index contributed by atoms with van der Waals surface area (Å²) in [4.78, 5) is 3.30. The predicted molar refractivity (Wildman–Crippen MR) is 52.8 cm³/mol. The van der Waals surface area contributed by atoms with Gasteiger partial charge in [0.1, 0.15) is 4.99 Å². The average molecular weight is 169 g/mol. The Morgan fingerprint density at radius 3 is 2.45 bits per heavy atom. The second-order valence-electron chi connectivity index (χ2n) is 2.89. The van der Waals surface area contributed by atoms with Gasteiger partial charge < -0.3 is 4.90 Å². The van der Waals surface area contributed by atoms with Crippen LogP contribution in [0.4, 0.5) is 0 Å². The summed E-state index contributed by atoms with van der Waals surface area (Å²) < 4.78 is 0. The molecule has 1 heterocycles. The molecule has 1 saturated heterocycles. The molecule has 0 radical (unpaired) electrons. The van der Waals surface area contributed by atoms with E-state index in [0.717, 1.165) is 18.1 Å². The molecule has 1 rings (SSSR count). The van der Waals surface area contributed by atoms with Gasteiger partial charge in [0.2, 0.25) is 0 Å². The van der Waals surface area contributed by atoms with Gasteiger partial charge in [-0.05, 0) is 32.3 Å². The van der Waals surface area contributed by atoms with Gasteiger partial charge in [-0.3, -0.25) is 0 Å². The molecule has 1 fully saturated rings. The van der Waals surface area contributed by atoms with E-state index in [-0.39, 0.29) is 0 Å². The van der Waals surface area contributed by atoms with Gasteiger partial charge >= 0.3 is 0 Å². The van der Waals surface area contributed by atoms with E-state index in [1.807, 2.05) is 19.1 Å². The Morgan fingerprint density at radius 2 is 1.91 bits per heavy atom. The number of nitrogens with zero attached hydrogens (tertiary/aromatic N) is 1. The summed E-state index contributed by atoms with van der Waals surface area (Å²) in [5.41, 5.74) is 0. The first-order valence-electron chi connectivity index (χ1n) is 4.26. The number of thiocarbonyl (C=S) groups is 1. The van der Waals surface area contributed by atoms with Crippen LogP contribution in [-0.2, 0) is 0 Å². The monoisotopic (exact) mass is 169 g/mol. The molecule has 0 aromatic carbocycles. The Hall–Kier alpha value is -0.370. The maximum atomic E-state index is 5.21. The summed E-state index contributed by atoms with van der Waals surface area (Å²) in [5, 5.41) is 0. The lowest BCUT2D eigenvalue weighted by molar-refractivity contribution is 0.348. The second-order valence-corrected chi connectivity index (χ2v) is 3.30. The molecule has 2 heteroatoms. The van der Waals surface area contributed by atoms with E-state index in [0.29, 0.717) is 0 Å². The molecule has 0 aliphatic carbocycles. The molecule has 0 aromatic heterocycles. The fraction of sp³-hybridized carbons (Fsp3) is 0.667. The van der Waals surface area contributed by atoms with Crippen molar-refractivity contribution in [3.05, 3.63) is 12.2 Å². The summed E-state index contributed by atoms with van der Waals surface area (Å²) >= 11 is 5.21. The summed E-state index contributed by atoms with van der Waals surface area (Å²) in [7, 11) is 0. The highest BCUT2D eigenvalue weighted by Crippen LogP contribution is 2.09. The van der Waals surface area contributed by atoms with E-state index in [9.17, 15) is 0 Å². The summed E-state index contributed by atoms with van der Waals surface area (Å²) in [6.07, 6.45) is 8.00. The van der Waals surface area contributed by atoms with Crippen LogP contribution in [0.25, 0.3) is 0 Å². The lowest BCUT2D eigenvalue weighted by atomic mass is 10.1. The maximum Gasteiger partial charge on any atom is 0.101 e. The highest BCUT2D eigenvalue weighted by molar-refractivity contribution is 7.80. The first-order valence-corrected chi connectivity index (χ1v) is 4.67. The van der Waals surface area contributed by atoms with Crippen LogP contribution in [0.3, 0.4) is 0 Å². The number of rotatable bonds is 1. The van der Waals surface area contributed by atoms with Crippen LogP contribution >= 0.6 is 12.2 Å². The van der Waals surface area contributed by atoms with Crippen LogP contribution in [0.2, 0.25) is 0 Å². The molecule has 1 aliphatic rings. The Kier molecular flexibility index (Phi) is 3.57. The molecule has 62 valence electrons. The third-order valence-corrected chi connectivity index (χ3v) is 2.37. The minimum absolute atomic E-state index is 1.01. The molecule has 0 bridgehead atoms.